The first-order valence-electron chi connectivity index (χ1n) is 4.86. The number of rotatable bonds is 5. The fourth-order valence-electron chi connectivity index (χ4n) is 1.16. The molecule has 0 unspecified atom stereocenters. The first kappa shape index (κ1) is 13.2. The smallest absolute Gasteiger partial charge is 0.232 e. The van der Waals surface area contributed by atoms with Crippen molar-refractivity contribution in [1.82, 2.24) is 10.2 Å². The lowest BCUT2D eigenvalue weighted by molar-refractivity contribution is -0.116. The summed E-state index contributed by atoms with van der Waals surface area (Å²) >= 11 is 0.979. The lowest BCUT2D eigenvalue weighted by Gasteiger charge is -2.01. The molecule has 7 heteroatoms. The highest BCUT2D eigenvalue weighted by atomic mass is 32.2. The van der Waals surface area contributed by atoms with E-state index in [2.05, 4.69) is 10.2 Å². The number of nitrogens with zero attached hydrogens (tertiary/aromatic N) is 2. The molecule has 0 aromatic carbocycles. The van der Waals surface area contributed by atoms with Gasteiger partial charge in [-0.1, -0.05) is 25.2 Å². The summed E-state index contributed by atoms with van der Waals surface area (Å²) in [5, 5.41) is 7.77. The summed E-state index contributed by atoms with van der Waals surface area (Å²) in [7, 11) is -3.34. The maximum absolute atomic E-state index is 11.8. The molecular weight excluding hydrogens is 248 g/mol. The standard InChI is InChI=1S/C9H14N2O3S2/c1-6(2)5-16(13,14)9-11-10-8(15-9)4-7(3)12/h6H,4-5H2,1-3H3. The molecule has 5 nitrogen and oxygen atoms in total. The van der Waals surface area contributed by atoms with Crippen molar-refractivity contribution in [3.8, 4) is 0 Å². The van der Waals surface area contributed by atoms with Gasteiger partial charge in [0, 0.05) is 0 Å². The molecule has 0 atom stereocenters. The summed E-state index contributed by atoms with van der Waals surface area (Å²) in [5.41, 5.74) is 0. The number of carbonyl (C=O) groups excluding carboxylic acids is 1. The van der Waals surface area contributed by atoms with E-state index < -0.39 is 9.84 Å². The van der Waals surface area contributed by atoms with Gasteiger partial charge in [-0.2, -0.15) is 0 Å². The Kier molecular flexibility index (Phi) is 4.15. The van der Waals surface area contributed by atoms with Gasteiger partial charge in [0.2, 0.25) is 14.2 Å². The van der Waals surface area contributed by atoms with E-state index in [-0.39, 0.29) is 28.2 Å². The minimum absolute atomic E-state index is 0.0115. The topological polar surface area (TPSA) is 77.0 Å². The van der Waals surface area contributed by atoms with Crippen LogP contribution in [0, 0.1) is 5.92 Å². The van der Waals surface area contributed by atoms with Gasteiger partial charge in [0.15, 0.2) is 0 Å². The lowest BCUT2D eigenvalue weighted by Crippen LogP contribution is -2.11. The normalized spacial score (nSPS) is 12.0. The SMILES string of the molecule is CC(=O)Cc1nnc(S(=O)(=O)CC(C)C)s1. The largest absolute Gasteiger partial charge is 0.300 e. The summed E-state index contributed by atoms with van der Waals surface area (Å²) in [6.07, 6.45) is 0.148. The summed E-state index contributed by atoms with van der Waals surface area (Å²) in [5.74, 6) is 0.0518. The van der Waals surface area contributed by atoms with Crippen molar-refractivity contribution in [2.24, 2.45) is 5.92 Å². The van der Waals surface area contributed by atoms with Crippen LogP contribution in [-0.4, -0.2) is 30.2 Å². The zero-order chi connectivity index (χ0) is 12.3. The van der Waals surface area contributed by atoms with Gasteiger partial charge in [0.05, 0.1) is 12.2 Å². The molecule has 0 N–H and O–H groups in total. The number of carbonyl (C=O) groups is 1. The molecule has 16 heavy (non-hydrogen) atoms. The van der Waals surface area contributed by atoms with Crippen molar-refractivity contribution >= 4 is 27.0 Å². The summed E-state index contributed by atoms with van der Waals surface area (Å²) < 4.78 is 23.5. The minimum Gasteiger partial charge on any atom is -0.300 e. The molecule has 0 radical (unpaired) electrons. The van der Waals surface area contributed by atoms with Gasteiger partial charge in [0.25, 0.3) is 0 Å². The predicted molar refractivity (Wildman–Crippen MR) is 61.2 cm³/mol. The van der Waals surface area contributed by atoms with Gasteiger partial charge in [0.1, 0.15) is 10.8 Å². The molecule has 0 bridgehead atoms. The van der Waals surface area contributed by atoms with Crippen LogP contribution < -0.4 is 0 Å². The Bertz CT molecular complexity index is 477. The molecule has 0 spiro atoms. The van der Waals surface area contributed by atoms with Crippen LogP contribution in [0.4, 0.5) is 0 Å². The third kappa shape index (κ3) is 3.64. The molecule has 1 aromatic rings. The average Bonchev–Trinajstić information content (AvgIpc) is 2.49. The highest BCUT2D eigenvalue weighted by Crippen LogP contribution is 2.19. The Morgan fingerprint density at radius 2 is 2.00 bits per heavy atom. The zero-order valence-electron chi connectivity index (χ0n) is 9.43. The number of ketones is 1. The fraction of sp³-hybridized carbons (Fsp3) is 0.667. The number of aromatic nitrogens is 2. The molecule has 0 amide bonds. The van der Waals surface area contributed by atoms with E-state index in [0.717, 1.165) is 11.3 Å². The van der Waals surface area contributed by atoms with E-state index in [1.807, 2.05) is 13.8 Å². The van der Waals surface area contributed by atoms with Crippen molar-refractivity contribution in [3.05, 3.63) is 5.01 Å². The second-order valence-corrected chi connectivity index (χ2v) is 7.29. The maximum atomic E-state index is 11.8. The fourth-order valence-corrected chi connectivity index (χ4v) is 3.98. The summed E-state index contributed by atoms with van der Waals surface area (Å²) in [6, 6.07) is 0. The van der Waals surface area contributed by atoms with Crippen molar-refractivity contribution in [2.45, 2.75) is 31.5 Å². The van der Waals surface area contributed by atoms with Gasteiger partial charge in [-0.05, 0) is 12.8 Å². The Hall–Kier alpha value is -0.820. The van der Waals surface area contributed by atoms with E-state index in [9.17, 15) is 13.2 Å². The molecule has 1 rings (SSSR count). The van der Waals surface area contributed by atoms with Crippen LogP contribution in [0.25, 0.3) is 0 Å². The quantitative estimate of drug-likeness (QED) is 0.794. The molecule has 0 fully saturated rings. The molecule has 0 saturated carbocycles. The molecule has 0 aliphatic heterocycles. The van der Waals surface area contributed by atoms with E-state index in [1.54, 1.807) is 0 Å². The number of sulfone groups is 1. The van der Waals surface area contributed by atoms with Crippen LogP contribution >= 0.6 is 11.3 Å². The van der Waals surface area contributed by atoms with Gasteiger partial charge < -0.3 is 0 Å². The average molecular weight is 262 g/mol. The molecule has 1 aromatic heterocycles. The minimum atomic E-state index is -3.34. The van der Waals surface area contributed by atoms with E-state index >= 15 is 0 Å². The van der Waals surface area contributed by atoms with Crippen molar-refractivity contribution < 1.29 is 13.2 Å². The second kappa shape index (κ2) is 5.01. The van der Waals surface area contributed by atoms with Gasteiger partial charge in [-0.3, -0.25) is 4.79 Å². The molecule has 90 valence electrons. The number of Topliss-reactive ketones (excluding diaryl/α,β-unsaturated/α-hetero) is 1. The van der Waals surface area contributed by atoms with Crippen LogP contribution in [0.1, 0.15) is 25.8 Å². The third-order valence-corrected chi connectivity index (χ3v) is 5.12. The van der Waals surface area contributed by atoms with E-state index in [0.29, 0.717) is 5.01 Å². The van der Waals surface area contributed by atoms with E-state index in [1.165, 1.54) is 6.92 Å². The Morgan fingerprint density at radius 1 is 1.38 bits per heavy atom. The third-order valence-electron chi connectivity index (χ3n) is 1.67. The van der Waals surface area contributed by atoms with Gasteiger partial charge in [-0.25, -0.2) is 8.42 Å². The van der Waals surface area contributed by atoms with Crippen LogP contribution in [0.2, 0.25) is 0 Å². The van der Waals surface area contributed by atoms with Crippen molar-refractivity contribution in [2.75, 3.05) is 5.75 Å². The second-order valence-electron chi connectivity index (χ2n) is 4.02. The highest BCUT2D eigenvalue weighted by molar-refractivity contribution is 7.93. The molecular formula is C9H14N2O3S2. The van der Waals surface area contributed by atoms with Gasteiger partial charge in [-0.15, -0.1) is 10.2 Å². The molecule has 0 saturated heterocycles. The first-order valence-corrected chi connectivity index (χ1v) is 7.32. The summed E-state index contributed by atoms with van der Waals surface area (Å²) in [6.45, 7) is 5.09. The van der Waals surface area contributed by atoms with Crippen LogP contribution in [0.15, 0.2) is 4.34 Å². The number of hydrogen-bond acceptors (Lipinski definition) is 6. The first-order chi connectivity index (χ1) is 7.31. The zero-order valence-corrected chi connectivity index (χ0v) is 11.1. The van der Waals surface area contributed by atoms with Crippen LogP contribution in [0.5, 0.6) is 0 Å². The summed E-state index contributed by atoms with van der Waals surface area (Å²) in [4.78, 5) is 10.8. The van der Waals surface area contributed by atoms with Crippen molar-refractivity contribution in [3.63, 3.8) is 0 Å². The van der Waals surface area contributed by atoms with E-state index in [4.69, 9.17) is 0 Å². The van der Waals surface area contributed by atoms with Gasteiger partial charge >= 0.3 is 0 Å². The number of hydrogen-bond donors (Lipinski definition) is 0. The maximum Gasteiger partial charge on any atom is 0.232 e. The Morgan fingerprint density at radius 3 is 2.50 bits per heavy atom. The lowest BCUT2D eigenvalue weighted by atomic mass is 10.3. The van der Waals surface area contributed by atoms with Crippen LogP contribution in [-0.2, 0) is 21.1 Å². The highest BCUT2D eigenvalue weighted by Gasteiger charge is 2.21. The Labute approximate surface area is 98.8 Å². The van der Waals surface area contributed by atoms with Crippen LogP contribution in [0.3, 0.4) is 0 Å². The predicted octanol–water partition coefficient (Wildman–Crippen LogP) is 1.10. The molecule has 1 heterocycles. The Balaban J connectivity index is 2.89. The monoisotopic (exact) mass is 262 g/mol. The molecule has 0 aliphatic rings. The molecule has 0 aliphatic carbocycles. The van der Waals surface area contributed by atoms with Crippen molar-refractivity contribution in [1.29, 1.82) is 0 Å².